The van der Waals surface area contributed by atoms with Crippen molar-refractivity contribution in [2.45, 2.75) is 32.9 Å². The lowest BCUT2D eigenvalue weighted by Gasteiger charge is -2.13. The van der Waals surface area contributed by atoms with Gasteiger partial charge in [0.2, 0.25) is 0 Å². The number of benzene rings is 9. The summed E-state index contributed by atoms with van der Waals surface area (Å²) in [4.78, 5) is 62.9. The van der Waals surface area contributed by atoms with Gasteiger partial charge >= 0.3 is 5.97 Å². The van der Waals surface area contributed by atoms with Crippen LogP contribution in [0.15, 0.2) is 221 Å². The number of aromatic hydroxyl groups is 4. The minimum Gasteiger partial charge on any atom is -0.506 e. The fourth-order valence-electron chi connectivity index (χ4n) is 8.55. The van der Waals surface area contributed by atoms with E-state index in [0.29, 0.717) is 35.3 Å². The Balaban J connectivity index is 0.000000226. The van der Waals surface area contributed by atoms with E-state index in [-0.39, 0.29) is 55.1 Å². The number of nitrogens with zero attached hydrogens (tertiary/aromatic N) is 6. The molecule has 26 heteroatoms. The zero-order chi connectivity index (χ0) is 78.2. The molecule has 0 aromatic heterocycles. The van der Waals surface area contributed by atoms with Crippen LogP contribution in [0.2, 0.25) is 20.1 Å². The van der Waals surface area contributed by atoms with Crippen molar-refractivity contribution in [2.24, 2.45) is 31.9 Å². The third-order valence-electron chi connectivity index (χ3n) is 14.5. The summed E-state index contributed by atoms with van der Waals surface area (Å²) < 4.78 is 0. The molecule has 0 bridgehead atoms. The molecule has 9 rings (SSSR count). The number of carboxylic acid groups (broad SMARTS) is 1. The number of hydrazone groups is 4. The van der Waals surface area contributed by atoms with Crippen molar-refractivity contribution in [1.82, 2.24) is 31.5 Å². The number of amides is 4. The summed E-state index contributed by atoms with van der Waals surface area (Å²) in [6.45, 7) is 8.81. The van der Waals surface area contributed by atoms with Crippen LogP contribution in [0.25, 0.3) is 0 Å². The molecule has 9 aromatic carbocycles. The van der Waals surface area contributed by atoms with Crippen LogP contribution in [0, 0.1) is 47.4 Å². The van der Waals surface area contributed by atoms with Crippen molar-refractivity contribution >= 4 is 101 Å². The highest BCUT2D eigenvalue weighted by molar-refractivity contribution is 6.33. The summed E-state index contributed by atoms with van der Waals surface area (Å²) in [5, 5.41) is 62.2. The van der Waals surface area contributed by atoms with Crippen molar-refractivity contribution < 1.29 is 49.5 Å². The zero-order valence-corrected chi connectivity index (χ0v) is 61.5. The summed E-state index contributed by atoms with van der Waals surface area (Å²) in [5.74, 6) is 20.7. The minimum absolute atomic E-state index is 0.0614. The average molecular weight is 1530 g/mol. The summed E-state index contributed by atoms with van der Waals surface area (Å²) >= 11 is 23.1. The summed E-state index contributed by atoms with van der Waals surface area (Å²) in [6, 6.07) is 55.4. The topological polar surface area (TPSA) is 343 Å². The number of nitrogens with two attached hydrogens (primary N) is 2. The van der Waals surface area contributed by atoms with Crippen LogP contribution in [0.5, 0.6) is 23.0 Å². The SMILES string of the molecule is CCN(CC)CC#Cc1ccc(/C=N/NC(=O)c2ccc(O)c(Cl)c2)cc1.CN(CC#Cc1ccc(/C=N/NC(=O)c2ccc(O)c(Cl)c2)cc1)Cc1ccccc1.NC(CC#Cc1ccc(/C=N/NC(=O)c2ccc(O)c(Cl)c2)cc1)C(=O)O.NCC#Cc1ccc(/C=N/NC(=O)c2ccc(O)c(Cl)c2)cc1. The highest BCUT2D eigenvalue weighted by Crippen LogP contribution is 2.27. The van der Waals surface area contributed by atoms with Gasteiger partial charge in [0.05, 0.1) is 64.6 Å². The molecule has 0 aliphatic heterocycles. The van der Waals surface area contributed by atoms with Crippen LogP contribution in [-0.2, 0) is 11.3 Å². The normalized spacial score (nSPS) is 10.8. The maximum absolute atomic E-state index is 12.1. The van der Waals surface area contributed by atoms with Crippen molar-refractivity contribution in [3.63, 3.8) is 0 Å². The molecule has 0 aliphatic carbocycles. The second-order valence-electron chi connectivity index (χ2n) is 22.6. The standard InChI is InChI=1S/C25H22ClN3O2.C21H22ClN3O2.C19H16ClN3O4.C17H14ClN3O2/c1-29(18-21-6-3-2-4-7-21)15-5-8-19-9-11-20(12-10-19)17-27-28-25(31)22-13-14-24(30)23(26)16-22;1-3-25(4-2)13-5-6-16-7-9-17(10-8-16)15-23-24-21(27)18-11-12-20(26)19(22)14-18;20-15-10-14(8-9-17(15)24)18(25)23-22-11-13-6-4-12(5-7-13)2-1-3-16(21)19(26)27;18-15-10-14(7-8-16(15)22)17(23)21-20-11-13-5-3-12(4-6-13)2-1-9-19/h2-4,6-7,9-14,16-17,30H,15,18H2,1H3,(H,28,31);7-12,14-15,26H,3-4,13H2,1-2H3,(H,24,27);4-11,16,24H,3,21H2,(H,23,25)(H,26,27);3-8,10-11,22H,9,19H2,(H,21,23)/b27-17+;23-15+;22-11+;20-11+. The summed E-state index contributed by atoms with van der Waals surface area (Å²) in [5.41, 5.74) is 29.3. The Hall–Kier alpha value is -12.6. The van der Waals surface area contributed by atoms with Gasteiger partial charge in [-0.25, -0.2) is 21.7 Å². The van der Waals surface area contributed by atoms with Crippen LogP contribution in [0.3, 0.4) is 0 Å². The zero-order valence-electron chi connectivity index (χ0n) is 58.5. The number of hydrogen-bond acceptors (Lipinski definition) is 17. The molecule has 0 spiro atoms. The number of phenolic OH excluding ortho intramolecular Hbond substituents is 4. The fourth-order valence-corrected chi connectivity index (χ4v) is 9.28. The second-order valence-corrected chi connectivity index (χ2v) is 24.3. The molecule has 0 saturated carbocycles. The fraction of sp³-hybridized carbons (Fsp3) is 0.134. The van der Waals surface area contributed by atoms with Crippen LogP contribution in [0.1, 0.15) is 112 Å². The third kappa shape index (κ3) is 30.6. The van der Waals surface area contributed by atoms with E-state index in [1.165, 1.54) is 90.8 Å². The van der Waals surface area contributed by atoms with Crippen LogP contribution in [0.4, 0.5) is 0 Å². The molecule has 0 saturated heterocycles. The molecule has 0 radical (unpaired) electrons. The van der Waals surface area contributed by atoms with Gasteiger partial charge in [0.25, 0.3) is 23.6 Å². The highest BCUT2D eigenvalue weighted by atomic mass is 35.5. The highest BCUT2D eigenvalue weighted by Gasteiger charge is 2.13. The molecular formula is C82H74Cl4N12O10. The molecular weight excluding hydrogens is 1450 g/mol. The van der Waals surface area contributed by atoms with Gasteiger partial charge in [0, 0.05) is 57.5 Å². The number of aliphatic carboxylic acids is 1. The maximum Gasteiger partial charge on any atom is 0.321 e. The van der Waals surface area contributed by atoms with E-state index < -0.39 is 35.6 Å². The number of rotatable bonds is 20. The van der Waals surface area contributed by atoms with Crippen molar-refractivity contribution in [2.75, 3.05) is 39.8 Å². The number of carbonyl (C=O) groups is 5. The Morgan fingerprint density at radius 2 is 0.731 bits per heavy atom. The smallest absolute Gasteiger partial charge is 0.321 e. The van der Waals surface area contributed by atoms with Gasteiger partial charge in [-0.15, -0.1) is 0 Å². The Morgan fingerprint density at radius 3 is 1.02 bits per heavy atom. The Morgan fingerprint density at radius 1 is 0.435 bits per heavy atom. The lowest BCUT2D eigenvalue weighted by Crippen LogP contribution is -2.29. The predicted molar refractivity (Wildman–Crippen MR) is 426 cm³/mol. The summed E-state index contributed by atoms with van der Waals surface area (Å²) in [6.07, 6.45) is 6.13. The van der Waals surface area contributed by atoms with Gasteiger partial charge in [-0.1, -0.05) is 186 Å². The largest absolute Gasteiger partial charge is 0.506 e. The monoisotopic (exact) mass is 1530 g/mol. The van der Waals surface area contributed by atoms with Crippen molar-refractivity contribution in [3.8, 4) is 70.4 Å². The first-order valence-electron chi connectivity index (χ1n) is 32.8. The Bertz CT molecular complexity index is 4940. The number of hydrogen-bond donors (Lipinski definition) is 11. The molecule has 0 aliphatic rings. The Labute approximate surface area is 645 Å². The van der Waals surface area contributed by atoms with E-state index in [0.717, 1.165) is 65.1 Å². The molecule has 0 heterocycles. The molecule has 0 fully saturated rings. The lowest BCUT2D eigenvalue weighted by atomic mass is 10.1. The van der Waals surface area contributed by atoms with Gasteiger partial charge < -0.3 is 37.0 Å². The summed E-state index contributed by atoms with van der Waals surface area (Å²) in [7, 11) is 2.04. The van der Waals surface area contributed by atoms with Gasteiger partial charge in [-0.2, -0.15) is 20.4 Å². The number of phenols is 4. The Kier molecular flexibility index (Phi) is 35.7. The van der Waals surface area contributed by atoms with Crippen molar-refractivity contribution in [1.29, 1.82) is 0 Å². The molecule has 9 aromatic rings. The second kappa shape index (κ2) is 45.6. The number of halogens is 4. The molecule has 4 amide bonds. The van der Waals surface area contributed by atoms with E-state index in [1.54, 1.807) is 36.7 Å². The molecule has 1 atom stereocenters. The molecule has 550 valence electrons. The van der Waals surface area contributed by atoms with Gasteiger partial charge in [-0.05, 0) is 169 Å². The average Bonchev–Trinajstić information content (AvgIpc) is 0.883. The van der Waals surface area contributed by atoms with E-state index in [1.807, 2.05) is 98.0 Å². The van der Waals surface area contributed by atoms with E-state index in [9.17, 15) is 44.4 Å². The van der Waals surface area contributed by atoms with Crippen molar-refractivity contribution in [3.05, 3.63) is 293 Å². The molecule has 108 heavy (non-hydrogen) atoms. The predicted octanol–water partition coefficient (Wildman–Crippen LogP) is 11.9. The number of nitrogens with one attached hydrogen (secondary N) is 4. The van der Waals surface area contributed by atoms with E-state index in [2.05, 4.69) is 125 Å². The van der Waals surface area contributed by atoms with Crippen LogP contribution < -0.4 is 33.2 Å². The van der Waals surface area contributed by atoms with Crippen LogP contribution in [-0.4, -0.2) is 136 Å². The van der Waals surface area contributed by atoms with Gasteiger partial charge in [-0.3, -0.25) is 33.8 Å². The minimum atomic E-state index is -1.09. The first-order chi connectivity index (χ1) is 52.0. The third-order valence-corrected chi connectivity index (χ3v) is 15.7. The van der Waals surface area contributed by atoms with Gasteiger partial charge in [0.1, 0.15) is 29.0 Å². The number of carbonyl (C=O) groups excluding carboxylic acids is 4. The maximum atomic E-state index is 12.1. The molecule has 1 unspecified atom stereocenters. The lowest BCUT2D eigenvalue weighted by molar-refractivity contribution is -0.138. The molecule has 13 N–H and O–H groups in total. The first-order valence-corrected chi connectivity index (χ1v) is 34.3. The molecule has 22 nitrogen and oxygen atoms in total. The van der Waals surface area contributed by atoms with E-state index in [4.69, 9.17) is 63.0 Å². The van der Waals surface area contributed by atoms with Gasteiger partial charge in [0.15, 0.2) is 0 Å². The van der Waals surface area contributed by atoms with E-state index >= 15 is 0 Å². The first kappa shape index (κ1) is 84.4. The quantitative estimate of drug-likeness (QED) is 0.0192. The number of carboxylic acids is 1. The van der Waals surface area contributed by atoms with Crippen LogP contribution >= 0.6 is 46.4 Å².